The first-order chi connectivity index (χ1) is 10.8. The summed E-state index contributed by atoms with van der Waals surface area (Å²) in [6, 6.07) is 0. The second-order valence-corrected chi connectivity index (χ2v) is 8.89. The standard InChI is InChI=1S/C19H35O4P/c1-15(2)18(19(5,6)7)12-11-16(3)9-8-10-17(4)13-14-23-24(20,21)22/h9,13H,8,10-12,14H2,1-7H3,(H2,20,21,22)/b16-9+,17-13+. The lowest BCUT2D eigenvalue weighted by Crippen LogP contribution is -2.11. The van der Waals surface area contributed by atoms with Crippen molar-refractivity contribution in [2.75, 3.05) is 6.61 Å². The summed E-state index contributed by atoms with van der Waals surface area (Å²) in [6.07, 6.45) is 7.96. The maximum Gasteiger partial charge on any atom is 0.469 e. The lowest BCUT2D eigenvalue weighted by molar-refractivity contribution is 0.215. The van der Waals surface area contributed by atoms with Crippen LogP contribution in [-0.4, -0.2) is 16.4 Å². The highest BCUT2D eigenvalue weighted by Gasteiger charge is 2.17. The van der Waals surface area contributed by atoms with Crippen LogP contribution in [0.15, 0.2) is 34.4 Å². The van der Waals surface area contributed by atoms with Gasteiger partial charge in [-0.2, -0.15) is 0 Å². The quantitative estimate of drug-likeness (QED) is 0.396. The normalized spacial score (nSPS) is 14.0. The fourth-order valence-corrected chi connectivity index (χ4v) is 2.99. The van der Waals surface area contributed by atoms with Crippen LogP contribution < -0.4 is 0 Å². The Kier molecular flexibility index (Phi) is 10.1. The molecule has 24 heavy (non-hydrogen) atoms. The molecule has 0 aliphatic carbocycles. The highest BCUT2D eigenvalue weighted by Crippen LogP contribution is 2.35. The largest absolute Gasteiger partial charge is 0.469 e. The monoisotopic (exact) mass is 358 g/mol. The number of hydrogen-bond acceptors (Lipinski definition) is 2. The molecule has 0 rings (SSSR count). The lowest BCUT2D eigenvalue weighted by atomic mass is 9.80. The fraction of sp³-hybridized carbons (Fsp3) is 0.684. The Morgan fingerprint density at radius 1 is 0.958 bits per heavy atom. The second-order valence-electron chi connectivity index (χ2n) is 7.65. The molecule has 0 heterocycles. The average molecular weight is 358 g/mol. The molecule has 5 heteroatoms. The maximum atomic E-state index is 10.6. The van der Waals surface area contributed by atoms with Gasteiger partial charge in [-0.3, -0.25) is 4.52 Å². The highest BCUT2D eigenvalue weighted by atomic mass is 31.2. The topological polar surface area (TPSA) is 66.8 Å². The molecule has 0 aromatic heterocycles. The molecule has 140 valence electrons. The van der Waals surface area contributed by atoms with Gasteiger partial charge in [-0.1, -0.05) is 55.2 Å². The summed E-state index contributed by atoms with van der Waals surface area (Å²) in [5.74, 6) is 0. The van der Waals surface area contributed by atoms with Crippen molar-refractivity contribution in [3.63, 3.8) is 0 Å². The van der Waals surface area contributed by atoms with Crippen molar-refractivity contribution in [2.45, 2.75) is 74.1 Å². The molecular formula is C19H35O4P. The van der Waals surface area contributed by atoms with Crippen LogP contribution in [0.2, 0.25) is 0 Å². The number of hydrogen-bond donors (Lipinski definition) is 2. The molecule has 0 bridgehead atoms. The van der Waals surface area contributed by atoms with E-state index in [2.05, 4.69) is 52.1 Å². The van der Waals surface area contributed by atoms with Gasteiger partial charge in [0.25, 0.3) is 0 Å². The van der Waals surface area contributed by atoms with Crippen LogP contribution in [0.25, 0.3) is 0 Å². The third kappa shape index (κ3) is 11.8. The third-order valence-corrected chi connectivity index (χ3v) is 4.47. The van der Waals surface area contributed by atoms with Crippen molar-refractivity contribution in [1.82, 2.24) is 0 Å². The van der Waals surface area contributed by atoms with E-state index < -0.39 is 7.82 Å². The Balaban J connectivity index is 4.36. The smallest absolute Gasteiger partial charge is 0.303 e. The molecule has 0 fully saturated rings. The van der Waals surface area contributed by atoms with Crippen LogP contribution >= 0.6 is 7.82 Å². The molecule has 0 saturated carbocycles. The zero-order chi connectivity index (χ0) is 19.0. The Morgan fingerprint density at radius 3 is 1.96 bits per heavy atom. The number of rotatable bonds is 9. The zero-order valence-electron chi connectivity index (χ0n) is 16.3. The predicted octanol–water partition coefficient (Wildman–Crippen LogP) is 5.93. The van der Waals surface area contributed by atoms with Crippen LogP contribution in [0, 0.1) is 5.41 Å². The summed E-state index contributed by atoms with van der Waals surface area (Å²) in [7, 11) is -4.36. The van der Waals surface area contributed by atoms with Crippen molar-refractivity contribution in [1.29, 1.82) is 0 Å². The molecule has 0 aliphatic heterocycles. The first-order valence-electron chi connectivity index (χ1n) is 8.51. The van der Waals surface area contributed by atoms with E-state index in [9.17, 15) is 4.57 Å². The maximum absolute atomic E-state index is 10.6. The van der Waals surface area contributed by atoms with Crippen LogP contribution in [0.3, 0.4) is 0 Å². The molecule has 0 atom stereocenters. The van der Waals surface area contributed by atoms with Crippen LogP contribution in [-0.2, 0) is 9.09 Å². The second kappa shape index (κ2) is 10.4. The van der Waals surface area contributed by atoms with Gasteiger partial charge in [0.15, 0.2) is 0 Å². The molecule has 0 amide bonds. The fourth-order valence-electron chi connectivity index (χ4n) is 2.72. The van der Waals surface area contributed by atoms with Gasteiger partial charge < -0.3 is 9.79 Å². The van der Waals surface area contributed by atoms with E-state index in [1.807, 2.05) is 6.92 Å². The van der Waals surface area contributed by atoms with E-state index >= 15 is 0 Å². The molecule has 0 radical (unpaired) electrons. The molecule has 0 spiro atoms. The van der Waals surface area contributed by atoms with Crippen molar-refractivity contribution >= 4 is 7.82 Å². The van der Waals surface area contributed by atoms with Gasteiger partial charge >= 0.3 is 7.82 Å². The summed E-state index contributed by atoms with van der Waals surface area (Å²) in [6.45, 7) is 15.2. The first kappa shape index (κ1) is 23.3. The van der Waals surface area contributed by atoms with Crippen LogP contribution in [0.1, 0.15) is 74.1 Å². The molecule has 0 saturated heterocycles. The van der Waals surface area contributed by atoms with E-state index in [0.29, 0.717) is 0 Å². The molecule has 0 aromatic carbocycles. The predicted molar refractivity (Wildman–Crippen MR) is 102 cm³/mol. The molecule has 0 aromatic rings. The van der Waals surface area contributed by atoms with Crippen molar-refractivity contribution in [3.05, 3.63) is 34.4 Å². The molecule has 4 nitrogen and oxygen atoms in total. The van der Waals surface area contributed by atoms with E-state index in [1.54, 1.807) is 6.08 Å². The Morgan fingerprint density at radius 2 is 1.50 bits per heavy atom. The summed E-state index contributed by atoms with van der Waals surface area (Å²) >= 11 is 0. The third-order valence-electron chi connectivity index (χ3n) is 3.98. The SMILES string of the molecule is CC(C)=C(CC/C(C)=C/CC/C(C)=C/COP(=O)(O)O)C(C)(C)C. The minimum absolute atomic E-state index is 0.0473. The summed E-state index contributed by atoms with van der Waals surface area (Å²) in [4.78, 5) is 17.3. The molecule has 2 N–H and O–H groups in total. The number of phosphoric acid groups is 1. The van der Waals surface area contributed by atoms with Crippen molar-refractivity contribution in [3.8, 4) is 0 Å². The van der Waals surface area contributed by atoms with Crippen LogP contribution in [0.4, 0.5) is 0 Å². The minimum atomic E-state index is -4.36. The van der Waals surface area contributed by atoms with Gasteiger partial charge in [0.1, 0.15) is 0 Å². The zero-order valence-corrected chi connectivity index (χ0v) is 17.2. The molecule has 0 unspecified atom stereocenters. The lowest BCUT2D eigenvalue weighted by Gasteiger charge is -2.25. The van der Waals surface area contributed by atoms with Gasteiger partial charge in [0.2, 0.25) is 0 Å². The first-order valence-corrected chi connectivity index (χ1v) is 10.0. The summed E-state index contributed by atoms with van der Waals surface area (Å²) in [5, 5.41) is 0. The average Bonchev–Trinajstić information content (AvgIpc) is 2.35. The van der Waals surface area contributed by atoms with Crippen molar-refractivity contribution in [2.24, 2.45) is 5.41 Å². The Labute approximate surface area is 147 Å². The van der Waals surface area contributed by atoms with Gasteiger partial charge in [-0.05, 0) is 58.8 Å². The van der Waals surface area contributed by atoms with E-state index in [-0.39, 0.29) is 12.0 Å². The van der Waals surface area contributed by atoms with Gasteiger partial charge in [0.05, 0.1) is 6.61 Å². The van der Waals surface area contributed by atoms with Crippen LogP contribution in [0.5, 0.6) is 0 Å². The molecular weight excluding hydrogens is 323 g/mol. The van der Waals surface area contributed by atoms with E-state index in [1.165, 1.54) is 16.7 Å². The Bertz CT molecular complexity index is 526. The highest BCUT2D eigenvalue weighted by molar-refractivity contribution is 7.46. The van der Waals surface area contributed by atoms with Gasteiger partial charge in [-0.25, -0.2) is 4.57 Å². The Hall–Kier alpha value is -0.670. The number of phosphoric ester groups is 1. The molecule has 0 aliphatic rings. The van der Waals surface area contributed by atoms with E-state index in [0.717, 1.165) is 31.3 Å². The summed E-state index contributed by atoms with van der Waals surface area (Å²) in [5.41, 5.74) is 5.63. The number of allylic oxidation sites excluding steroid dienone is 5. The minimum Gasteiger partial charge on any atom is -0.303 e. The summed E-state index contributed by atoms with van der Waals surface area (Å²) < 4.78 is 15.0. The van der Waals surface area contributed by atoms with Gasteiger partial charge in [-0.15, -0.1) is 0 Å². The van der Waals surface area contributed by atoms with E-state index in [4.69, 9.17) is 9.79 Å². The van der Waals surface area contributed by atoms with Gasteiger partial charge in [0, 0.05) is 0 Å². The van der Waals surface area contributed by atoms with Crippen molar-refractivity contribution < 1.29 is 18.9 Å².